The number of hydrogen-bond donors (Lipinski definition) is 1. The van der Waals surface area contributed by atoms with Crippen molar-refractivity contribution in [1.29, 1.82) is 0 Å². The Morgan fingerprint density at radius 2 is 1.81 bits per heavy atom. The Kier molecular flexibility index (Phi) is 5.90. The second kappa shape index (κ2) is 7.25. The van der Waals surface area contributed by atoms with Crippen molar-refractivity contribution in [3.8, 4) is 0 Å². The lowest BCUT2D eigenvalue weighted by Gasteiger charge is -2.26. The molecule has 0 aromatic carbocycles. The summed E-state index contributed by atoms with van der Waals surface area (Å²) in [5.41, 5.74) is 0. The van der Waals surface area contributed by atoms with Crippen LogP contribution in [0.4, 0.5) is 0 Å². The van der Waals surface area contributed by atoms with Gasteiger partial charge in [0, 0.05) is 19.6 Å². The Morgan fingerprint density at radius 3 is 2.56 bits per heavy atom. The van der Waals surface area contributed by atoms with Gasteiger partial charge in [-0.15, -0.1) is 0 Å². The van der Waals surface area contributed by atoms with Crippen LogP contribution in [0.5, 0.6) is 0 Å². The topological polar surface area (TPSA) is 49.4 Å². The standard InChI is InChI=1S/C12H22N2O2/c1-2-3-4-5-6-7-9-14-10-8-13-11(15)12(14)16/h2-10H2,1H3,(H,13,15). The summed E-state index contributed by atoms with van der Waals surface area (Å²) in [6, 6.07) is 0. The zero-order chi connectivity index (χ0) is 11.8. The smallest absolute Gasteiger partial charge is 0.311 e. The normalized spacial score (nSPS) is 16.4. The molecule has 0 aromatic heterocycles. The third-order valence-corrected chi connectivity index (χ3v) is 2.93. The molecule has 4 heteroatoms. The number of piperazine rings is 1. The largest absolute Gasteiger partial charge is 0.346 e. The number of carbonyl (C=O) groups is 2. The van der Waals surface area contributed by atoms with Gasteiger partial charge in [0.2, 0.25) is 0 Å². The number of nitrogens with zero attached hydrogens (tertiary/aromatic N) is 1. The van der Waals surface area contributed by atoms with Gasteiger partial charge < -0.3 is 10.2 Å². The van der Waals surface area contributed by atoms with Gasteiger partial charge in [0.25, 0.3) is 0 Å². The predicted octanol–water partition coefficient (Wildman–Crippen LogP) is 1.31. The van der Waals surface area contributed by atoms with Gasteiger partial charge in [-0.05, 0) is 6.42 Å². The van der Waals surface area contributed by atoms with E-state index in [4.69, 9.17) is 0 Å². The van der Waals surface area contributed by atoms with Crippen LogP contribution in [0.15, 0.2) is 0 Å². The summed E-state index contributed by atoms with van der Waals surface area (Å²) in [4.78, 5) is 24.1. The van der Waals surface area contributed by atoms with E-state index < -0.39 is 5.91 Å². The van der Waals surface area contributed by atoms with Crippen molar-refractivity contribution in [3.63, 3.8) is 0 Å². The van der Waals surface area contributed by atoms with Crippen LogP contribution in [-0.2, 0) is 9.59 Å². The van der Waals surface area contributed by atoms with Crippen molar-refractivity contribution in [2.24, 2.45) is 0 Å². The highest BCUT2D eigenvalue weighted by atomic mass is 16.2. The predicted molar refractivity (Wildman–Crippen MR) is 63.0 cm³/mol. The summed E-state index contributed by atoms with van der Waals surface area (Å²) in [6.07, 6.45) is 7.25. The molecule has 1 N–H and O–H groups in total. The number of amides is 2. The van der Waals surface area contributed by atoms with Crippen LogP contribution >= 0.6 is 0 Å². The first-order valence-corrected chi connectivity index (χ1v) is 6.32. The van der Waals surface area contributed by atoms with E-state index in [1.807, 2.05) is 0 Å². The molecule has 1 fully saturated rings. The lowest BCUT2D eigenvalue weighted by atomic mass is 10.1. The van der Waals surface area contributed by atoms with Crippen molar-refractivity contribution in [2.45, 2.75) is 45.4 Å². The third kappa shape index (κ3) is 4.21. The van der Waals surface area contributed by atoms with Crippen LogP contribution in [0, 0.1) is 0 Å². The Morgan fingerprint density at radius 1 is 1.12 bits per heavy atom. The fourth-order valence-corrected chi connectivity index (χ4v) is 1.92. The molecule has 0 atom stereocenters. The van der Waals surface area contributed by atoms with Gasteiger partial charge in [-0.2, -0.15) is 0 Å². The summed E-state index contributed by atoms with van der Waals surface area (Å²) in [6.45, 7) is 4.20. The van der Waals surface area contributed by atoms with Gasteiger partial charge in [-0.1, -0.05) is 39.0 Å². The van der Waals surface area contributed by atoms with E-state index in [2.05, 4.69) is 12.2 Å². The molecule has 0 aromatic rings. The summed E-state index contributed by atoms with van der Waals surface area (Å²) >= 11 is 0. The fourth-order valence-electron chi connectivity index (χ4n) is 1.92. The number of hydrogen-bond acceptors (Lipinski definition) is 2. The lowest BCUT2D eigenvalue weighted by molar-refractivity contribution is -0.148. The van der Waals surface area contributed by atoms with E-state index >= 15 is 0 Å². The second-order valence-electron chi connectivity index (χ2n) is 4.32. The lowest BCUT2D eigenvalue weighted by Crippen LogP contribution is -2.52. The van der Waals surface area contributed by atoms with Crippen LogP contribution in [0.25, 0.3) is 0 Å². The molecule has 0 bridgehead atoms. The first-order chi connectivity index (χ1) is 7.75. The summed E-state index contributed by atoms with van der Waals surface area (Å²) in [5.74, 6) is -0.808. The highest BCUT2D eigenvalue weighted by molar-refractivity contribution is 6.35. The molecule has 1 rings (SSSR count). The van der Waals surface area contributed by atoms with E-state index in [-0.39, 0.29) is 5.91 Å². The monoisotopic (exact) mass is 226 g/mol. The molecular formula is C12H22N2O2. The molecular weight excluding hydrogens is 204 g/mol. The number of carbonyl (C=O) groups excluding carboxylic acids is 2. The molecule has 1 aliphatic rings. The van der Waals surface area contributed by atoms with Crippen molar-refractivity contribution in [1.82, 2.24) is 10.2 Å². The fraction of sp³-hybridized carbons (Fsp3) is 0.833. The maximum atomic E-state index is 11.4. The molecule has 92 valence electrons. The number of nitrogens with one attached hydrogen (secondary N) is 1. The first-order valence-electron chi connectivity index (χ1n) is 6.32. The summed E-state index contributed by atoms with van der Waals surface area (Å²) in [5, 5.41) is 2.55. The summed E-state index contributed by atoms with van der Waals surface area (Å²) in [7, 11) is 0. The van der Waals surface area contributed by atoms with E-state index in [0.717, 1.165) is 19.4 Å². The SMILES string of the molecule is CCCCCCCCN1CCNC(=O)C1=O. The molecule has 0 radical (unpaired) electrons. The second-order valence-corrected chi connectivity index (χ2v) is 4.32. The Bertz CT molecular complexity index is 241. The maximum absolute atomic E-state index is 11.4. The van der Waals surface area contributed by atoms with Crippen LogP contribution in [0.1, 0.15) is 45.4 Å². The van der Waals surface area contributed by atoms with E-state index in [1.165, 1.54) is 25.7 Å². The minimum Gasteiger partial charge on any atom is -0.346 e. The Labute approximate surface area is 97.4 Å². The van der Waals surface area contributed by atoms with E-state index in [1.54, 1.807) is 4.90 Å². The third-order valence-electron chi connectivity index (χ3n) is 2.93. The number of rotatable bonds is 7. The zero-order valence-electron chi connectivity index (χ0n) is 10.1. The van der Waals surface area contributed by atoms with Crippen LogP contribution < -0.4 is 5.32 Å². The van der Waals surface area contributed by atoms with Crippen LogP contribution in [0.3, 0.4) is 0 Å². The van der Waals surface area contributed by atoms with Crippen molar-refractivity contribution in [3.05, 3.63) is 0 Å². The van der Waals surface area contributed by atoms with Crippen molar-refractivity contribution < 1.29 is 9.59 Å². The molecule has 0 aliphatic carbocycles. The van der Waals surface area contributed by atoms with Crippen LogP contribution in [0.2, 0.25) is 0 Å². The van der Waals surface area contributed by atoms with Gasteiger partial charge in [-0.3, -0.25) is 9.59 Å². The van der Waals surface area contributed by atoms with Gasteiger partial charge in [-0.25, -0.2) is 0 Å². The van der Waals surface area contributed by atoms with E-state index in [9.17, 15) is 9.59 Å². The molecule has 4 nitrogen and oxygen atoms in total. The molecule has 0 unspecified atom stereocenters. The Balaban J connectivity index is 2.08. The zero-order valence-corrected chi connectivity index (χ0v) is 10.1. The van der Waals surface area contributed by atoms with E-state index in [0.29, 0.717) is 13.1 Å². The molecule has 1 saturated heterocycles. The highest BCUT2D eigenvalue weighted by Gasteiger charge is 2.24. The van der Waals surface area contributed by atoms with Gasteiger partial charge in [0.1, 0.15) is 0 Å². The van der Waals surface area contributed by atoms with Gasteiger partial charge in [0.15, 0.2) is 0 Å². The molecule has 1 heterocycles. The molecule has 0 saturated carbocycles. The summed E-state index contributed by atoms with van der Waals surface area (Å²) < 4.78 is 0. The van der Waals surface area contributed by atoms with Crippen LogP contribution in [-0.4, -0.2) is 36.3 Å². The molecule has 16 heavy (non-hydrogen) atoms. The average molecular weight is 226 g/mol. The molecule has 0 spiro atoms. The maximum Gasteiger partial charge on any atom is 0.311 e. The highest BCUT2D eigenvalue weighted by Crippen LogP contribution is 2.06. The average Bonchev–Trinajstić information content (AvgIpc) is 2.29. The Hall–Kier alpha value is -1.06. The van der Waals surface area contributed by atoms with Crippen molar-refractivity contribution >= 4 is 11.8 Å². The number of unbranched alkanes of at least 4 members (excludes halogenated alkanes) is 5. The molecule has 1 aliphatic heterocycles. The minimum atomic E-state index is -0.447. The minimum absolute atomic E-state index is 0.361. The quantitative estimate of drug-likeness (QED) is 0.525. The van der Waals surface area contributed by atoms with Gasteiger partial charge in [0.05, 0.1) is 0 Å². The van der Waals surface area contributed by atoms with Gasteiger partial charge >= 0.3 is 11.8 Å². The first kappa shape index (κ1) is 13.0. The molecule has 2 amide bonds. The van der Waals surface area contributed by atoms with Crippen molar-refractivity contribution in [2.75, 3.05) is 19.6 Å².